The van der Waals surface area contributed by atoms with Gasteiger partial charge in [-0.2, -0.15) is 0 Å². The van der Waals surface area contributed by atoms with Gasteiger partial charge in [0.15, 0.2) is 0 Å². The van der Waals surface area contributed by atoms with Crippen LogP contribution in [0.3, 0.4) is 0 Å². The molecule has 0 radical (unpaired) electrons. The third-order valence-corrected chi connectivity index (χ3v) is 3.18. The number of carbonyl (C=O) groups is 1. The Kier molecular flexibility index (Phi) is 7.41. The summed E-state index contributed by atoms with van der Waals surface area (Å²) in [5.74, 6) is -0.148. The lowest BCUT2D eigenvalue weighted by Crippen LogP contribution is -2.08. The second-order valence-electron chi connectivity index (χ2n) is 5.05. The molecule has 0 unspecified atom stereocenters. The van der Waals surface area contributed by atoms with Crippen molar-refractivity contribution in [1.29, 1.82) is 0 Å². The Morgan fingerprint density at radius 2 is 1.90 bits per heavy atom. The van der Waals surface area contributed by atoms with E-state index in [1.54, 1.807) is 0 Å². The van der Waals surface area contributed by atoms with Crippen LogP contribution < -0.4 is 0 Å². The molecule has 0 saturated heterocycles. The molecule has 0 aromatic heterocycles. The maximum atomic E-state index is 11.6. The Morgan fingerprint density at radius 3 is 2.55 bits per heavy atom. The largest absolute Gasteiger partial charge is 0.465 e. The van der Waals surface area contributed by atoms with Crippen LogP contribution in [0.4, 0.5) is 0 Å². The number of hydrogen-bond acceptors (Lipinski definition) is 2. The highest BCUT2D eigenvalue weighted by atomic mass is 16.5. The molecule has 1 aromatic rings. The van der Waals surface area contributed by atoms with E-state index in [0.29, 0.717) is 13.0 Å². The number of carbonyl (C=O) groups excluding carboxylic acids is 1. The Bertz CT molecular complexity index is 458. The summed E-state index contributed by atoms with van der Waals surface area (Å²) >= 11 is 0. The average molecular weight is 272 g/mol. The van der Waals surface area contributed by atoms with E-state index in [0.717, 1.165) is 30.4 Å². The van der Waals surface area contributed by atoms with Gasteiger partial charge in [0.05, 0.1) is 13.0 Å². The molecule has 0 aliphatic heterocycles. The maximum absolute atomic E-state index is 11.6. The summed E-state index contributed by atoms with van der Waals surface area (Å²) in [5, 5.41) is 0. The fraction of sp³-hybridized carbons (Fsp3) is 0.389. The minimum absolute atomic E-state index is 0.148. The number of esters is 1. The fourth-order valence-corrected chi connectivity index (χ4v) is 1.74. The molecule has 0 N–H and O–H groups in total. The zero-order valence-electron chi connectivity index (χ0n) is 12.5. The van der Waals surface area contributed by atoms with Gasteiger partial charge in [-0.1, -0.05) is 54.1 Å². The molecule has 0 aliphatic carbocycles. The summed E-state index contributed by atoms with van der Waals surface area (Å²) in [4.78, 5) is 11.6. The molecule has 20 heavy (non-hydrogen) atoms. The van der Waals surface area contributed by atoms with Crippen LogP contribution in [-0.2, 0) is 16.0 Å². The Hall–Kier alpha value is -1.83. The van der Waals surface area contributed by atoms with Gasteiger partial charge in [-0.05, 0) is 38.7 Å². The van der Waals surface area contributed by atoms with E-state index in [-0.39, 0.29) is 5.97 Å². The van der Waals surface area contributed by atoms with Crippen molar-refractivity contribution in [1.82, 2.24) is 0 Å². The minimum Gasteiger partial charge on any atom is -0.465 e. The Morgan fingerprint density at radius 1 is 1.20 bits per heavy atom. The van der Waals surface area contributed by atoms with Crippen molar-refractivity contribution in [3.63, 3.8) is 0 Å². The second kappa shape index (κ2) is 9.13. The molecule has 0 fully saturated rings. The summed E-state index contributed by atoms with van der Waals surface area (Å²) in [6, 6.07) is 9.67. The molecular formula is C18H24O2. The van der Waals surface area contributed by atoms with E-state index in [2.05, 4.69) is 19.6 Å². The monoisotopic (exact) mass is 272 g/mol. The number of hydrogen-bond donors (Lipinski definition) is 0. The lowest BCUT2D eigenvalue weighted by atomic mass is 10.1. The van der Waals surface area contributed by atoms with Crippen LogP contribution in [0.5, 0.6) is 0 Å². The van der Waals surface area contributed by atoms with Gasteiger partial charge in [0.2, 0.25) is 0 Å². The lowest BCUT2D eigenvalue weighted by Gasteiger charge is -2.04. The summed E-state index contributed by atoms with van der Waals surface area (Å²) in [6.45, 7) is 8.48. The van der Waals surface area contributed by atoms with Crippen LogP contribution in [0.2, 0.25) is 0 Å². The molecule has 0 amide bonds. The molecule has 0 aliphatic rings. The highest BCUT2D eigenvalue weighted by Crippen LogP contribution is 2.08. The van der Waals surface area contributed by atoms with Gasteiger partial charge in [0, 0.05) is 0 Å². The number of unbranched alkanes of at least 4 members (excludes halogenated alkanes) is 2. The molecule has 108 valence electrons. The molecule has 0 heterocycles. The molecule has 0 saturated carbocycles. The predicted octanol–water partition coefficient (Wildman–Crippen LogP) is 4.47. The number of allylic oxidation sites excluding steroid dienone is 3. The third kappa shape index (κ3) is 6.93. The summed E-state index contributed by atoms with van der Waals surface area (Å²) in [5.41, 5.74) is 3.35. The maximum Gasteiger partial charge on any atom is 0.310 e. The van der Waals surface area contributed by atoms with Crippen LogP contribution >= 0.6 is 0 Å². The van der Waals surface area contributed by atoms with Crippen molar-refractivity contribution in [3.05, 3.63) is 59.7 Å². The van der Waals surface area contributed by atoms with E-state index in [9.17, 15) is 4.79 Å². The zero-order chi connectivity index (χ0) is 14.8. The van der Waals surface area contributed by atoms with E-state index >= 15 is 0 Å². The molecule has 2 heteroatoms. The minimum atomic E-state index is -0.148. The first-order valence-corrected chi connectivity index (χ1v) is 7.12. The van der Waals surface area contributed by atoms with E-state index in [1.165, 1.54) is 5.57 Å². The summed E-state index contributed by atoms with van der Waals surface area (Å²) in [6.07, 6.45) is 5.49. The smallest absolute Gasteiger partial charge is 0.310 e. The topological polar surface area (TPSA) is 26.3 Å². The zero-order valence-corrected chi connectivity index (χ0v) is 12.5. The first kappa shape index (κ1) is 16.2. The van der Waals surface area contributed by atoms with Gasteiger partial charge in [0.25, 0.3) is 0 Å². The van der Waals surface area contributed by atoms with Gasteiger partial charge in [0.1, 0.15) is 0 Å². The van der Waals surface area contributed by atoms with Crippen molar-refractivity contribution in [2.75, 3.05) is 6.61 Å². The van der Waals surface area contributed by atoms with Gasteiger partial charge in [-0.3, -0.25) is 4.79 Å². The molecule has 1 rings (SSSR count). The first-order chi connectivity index (χ1) is 9.59. The Labute approximate surface area is 122 Å². The molecule has 0 bridgehead atoms. The second-order valence-corrected chi connectivity index (χ2v) is 5.05. The highest BCUT2D eigenvalue weighted by molar-refractivity contribution is 5.72. The van der Waals surface area contributed by atoms with E-state index < -0.39 is 0 Å². The van der Waals surface area contributed by atoms with Gasteiger partial charge >= 0.3 is 5.97 Å². The predicted molar refractivity (Wildman–Crippen MR) is 83.5 cm³/mol. The van der Waals surface area contributed by atoms with Crippen molar-refractivity contribution in [2.24, 2.45) is 0 Å². The van der Waals surface area contributed by atoms with E-state index in [1.807, 2.05) is 37.3 Å². The SMILES string of the molecule is C=C(C)/C(C)=C/CCCCOC(=O)Cc1ccccc1. The molecule has 0 atom stereocenters. The quantitative estimate of drug-likeness (QED) is 0.396. The van der Waals surface area contributed by atoms with Crippen LogP contribution in [0.25, 0.3) is 0 Å². The molecule has 0 spiro atoms. The molecule has 2 nitrogen and oxygen atoms in total. The summed E-state index contributed by atoms with van der Waals surface area (Å²) in [7, 11) is 0. The third-order valence-electron chi connectivity index (χ3n) is 3.18. The number of ether oxygens (including phenoxy) is 1. The van der Waals surface area contributed by atoms with Crippen LogP contribution in [-0.4, -0.2) is 12.6 Å². The van der Waals surface area contributed by atoms with Crippen molar-refractivity contribution in [2.45, 2.75) is 39.5 Å². The first-order valence-electron chi connectivity index (χ1n) is 7.12. The summed E-state index contributed by atoms with van der Waals surface area (Å²) < 4.78 is 5.22. The van der Waals surface area contributed by atoms with Crippen molar-refractivity contribution >= 4 is 5.97 Å². The van der Waals surface area contributed by atoms with Gasteiger partial charge in [-0.25, -0.2) is 0 Å². The highest BCUT2D eigenvalue weighted by Gasteiger charge is 2.03. The van der Waals surface area contributed by atoms with Gasteiger partial charge < -0.3 is 4.74 Å². The van der Waals surface area contributed by atoms with Crippen molar-refractivity contribution < 1.29 is 9.53 Å². The van der Waals surface area contributed by atoms with Gasteiger partial charge in [-0.15, -0.1) is 0 Å². The average Bonchev–Trinajstić information content (AvgIpc) is 2.43. The van der Waals surface area contributed by atoms with Crippen LogP contribution in [0, 0.1) is 0 Å². The van der Waals surface area contributed by atoms with Crippen molar-refractivity contribution in [3.8, 4) is 0 Å². The Balaban J connectivity index is 2.11. The molecule has 1 aromatic carbocycles. The van der Waals surface area contributed by atoms with Crippen LogP contribution in [0.1, 0.15) is 38.7 Å². The fourth-order valence-electron chi connectivity index (χ4n) is 1.74. The number of rotatable bonds is 8. The molecular weight excluding hydrogens is 248 g/mol. The number of benzene rings is 1. The lowest BCUT2D eigenvalue weighted by molar-refractivity contribution is -0.142. The van der Waals surface area contributed by atoms with E-state index in [4.69, 9.17) is 4.74 Å². The standard InChI is InChI=1S/C18H24O2/c1-15(2)16(3)10-6-5-9-13-20-18(19)14-17-11-7-4-8-12-17/h4,7-8,10-12H,1,5-6,9,13-14H2,2-3H3/b16-10+. The normalized spacial score (nSPS) is 11.2. The van der Waals surface area contributed by atoms with Crippen LogP contribution in [0.15, 0.2) is 54.1 Å².